The Balaban J connectivity index is 2.92. The van der Waals surface area contributed by atoms with Gasteiger partial charge in [0.15, 0.2) is 0 Å². The minimum absolute atomic E-state index is 0.0900. The van der Waals surface area contributed by atoms with Crippen LogP contribution in [0.3, 0.4) is 0 Å². The van der Waals surface area contributed by atoms with Crippen LogP contribution in [0.1, 0.15) is 23.8 Å². The molecule has 0 spiro atoms. The fourth-order valence-corrected chi connectivity index (χ4v) is 1.51. The zero-order valence-electron chi connectivity index (χ0n) is 8.07. The molecule has 2 atom stereocenters. The minimum atomic E-state index is -4.63. The third-order valence-electron chi connectivity index (χ3n) is 2.06. The van der Waals surface area contributed by atoms with E-state index in [4.69, 9.17) is 0 Å². The summed E-state index contributed by atoms with van der Waals surface area (Å²) in [7, 11) is 0. The molecule has 0 saturated carbocycles. The van der Waals surface area contributed by atoms with Crippen LogP contribution in [0.5, 0.6) is 0 Å². The predicted molar refractivity (Wildman–Crippen MR) is 53.0 cm³/mol. The third-order valence-corrected chi connectivity index (χ3v) is 2.32. The Morgan fingerprint density at radius 3 is 2.56 bits per heavy atom. The largest absolute Gasteiger partial charge is 0.433 e. The van der Waals surface area contributed by atoms with Gasteiger partial charge in [0.1, 0.15) is 11.8 Å². The number of aromatic nitrogens is 2. The van der Waals surface area contributed by atoms with Gasteiger partial charge in [0, 0.05) is 5.56 Å². The van der Waals surface area contributed by atoms with E-state index < -0.39 is 29.6 Å². The number of nitrogens with zero attached hydrogens (tertiary/aromatic N) is 1. The minimum Gasteiger partial charge on any atom is -0.390 e. The van der Waals surface area contributed by atoms with E-state index in [1.54, 1.807) is 5.10 Å². The lowest BCUT2D eigenvalue weighted by molar-refractivity contribution is -0.143. The summed E-state index contributed by atoms with van der Waals surface area (Å²) >= 11 is 3.82. The van der Waals surface area contributed by atoms with Gasteiger partial charge in [0.2, 0.25) is 0 Å². The van der Waals surface area contributed by atoms with Gasteiger partial charge in [-0.2, -0.15) is 30.9 Å². The molecule has 0 aliphatic carbocycles. The van der Waals surface area contributed by atoms with Gasteiger partial charge < -0.3 is 10.2 Å². The lowest BCUT2D eigenvalue weighted by atomic mass is 10.0. The Bertz CT molecular complexity index is 342. The van der Waals surface area contributed by atoms with Crippen LogP contribution < -0.4 is 0 Å². The Morgan fingerprint density at radius 2 is 2.06 bits per heavy atom. The second-order valence-corrected chi connectivity index (χ2v) is 3.67. The molecule has 1 heterocycles. The van der Waals surface area contributed by atoms with E-state index in [1.807, 2.05) is 0 Å². The van der Waals surface area contributed by atoms with Crippen LogP contribution in [-0.2, 0) is 6.18 Å². The Hall–Kier alpha value is -0.730. The molecule has 2 unspecified atom stereocenters. The highest BCUT2D eigenvalue weighted by molar-refractivity contribution is 7.80. The van der Waals surface area contributed by atoms with Crippen molar-refractivity contribution >= 4 is 12.6 Å². The Morgan fingerprint density at radius 1 is 1.44 bits per heavy atom. The van der Waals surface area contributed by atoms with E-state index in [1.165, 1.54) is 0 Å². The molecular formula is C8H11F3N2O2S. The summed E-state index contributed by atoms with van der Waals surface area (Å²) in [6.45, 7) is 0. The molecule has 8 heteroatoms. The number of hydrogen-bond donors (Lipinski definition) is 4. The summed E-state index contributed by atoms with van der Waals surface area (Å²) in [5.41, 5.74) is -1.60. The van der Waals surface area contributed by atoms with Crippen LogP contribution in [0.2, 0.25) is 0 Å². The van der Waals surface area contributed by atoms with Gasteiger partial charge in [-0.15, -0.1) is 0 Å². The van der Waals surface area contributed by atoms with E-state index in [-0.39, 0.29) is 12.2 Å². The molecule has 1 rings (SSSR count). The Labute approximate surface area is 94.9 Å². The van der Waals surface area contributed by atoms with Crippen LogP contribution in [0.15, 0.2) is 6.20 Å². The highest BCUT2D eigenvalue weighted by Gasteiger charge is 2.38. The molecule has 0 aromatic carbocycles. The van der Waals surface area contributed by atoms with E-state index in [0.717, 1.165) is 6.20 Å². The van der Waals surface area contributed by atoms with Crippen molar-refractivity contribution < 1.29 is 23.4 Å². The van der Waals surface area contributed by atoms with Crippen molar-refractivity contribution in [3.05, 3.63) is 17.5 Å². The first-order valence-electron chi connectivity index (χ1n) is 4.45. The number of halogens is 3. The molecule has 16 heavy (non-hydrogen) atoms. The van der Waals surface area contributed by atoms with E-state index in [9.17, 15) is 23.4 Å². The van der Waals surface area contributed by atoms with Crippen molar-refractivity contribution in [3.63, 3.8) is 0 Å². The number of alkyl halides is 3. The van der Waals surface area contributed by atoms with Gasteiger partial charge in [-0.05, 0) is 12.2 Å². The number of aromatic amines is 1. The summed E-state index contributed by atoms with van der Waals surface area (Å²) < 4.78 is 37.2. The molecular weight excluding hydrogens is 245 g/mol. The van der Waals surface area contributed by atoms with Crippen LogP contribution in [-0.4, -0.2) is 32.3 Å². The maximum Gasteiger partial charge on any atom is 0.433 e. The SMILES string of the molecule is OC(CCS)C(O)c1cn[nH]c1C(F)(F)F. The zero-order valence-corrected chi connectivity index (χ0v) is 8.96. The van der Waals surface area contributed by atoms with Gasteiger partial charge in [0.05, 0.1) is 12.3 Å². The van der Waals surface area contributed by atoms with Crippen molar-refractivity contribution in [2.75, 3.05) is 5.75 Å². The molecule has 0 aliphatic rings. The van der Waals surface area contributed by atoms with E-state index in [2.05, 4.69) is 17.7 Å². The first kappa shape index (κ1) is 13.3. The molecule has 4 nitrogen and oxygen atoms in total. The van der Waals surface area contributed by atoms with Crippen LogP contribution >= 0.6 is 12.6 Å². The van der Waals surface area contributed by atoms with Gasteiger partial charge in [0.25, 0.3) is 0 Å². The smallest absolute Gasteiger partial charge is 0.390 e. The average molecular weight is 256 g/mol. The first-order chi connectivity index (χ1) is 7.38. The molecule has 1 aromatic heterocycles. The van der Waals surface area contributed by atoms with Gasteiger partial charge >= 0.3 is 6.18 Å². The summed E-state index contributed by atoms with van der Waals surface area (Å²) in [4.78, 5) is 0. The molecule has 0 fully saturated rings. The van der Waals surface area contributed by atoms with Crippen LogP contribution in [0.4, 0.5) is 13.2 Å². The lowest BCUT2D eigenvalue weighted by Gasteiger charge is -2.17. The molecule has 0 amide bonds. The maximum absolute atomic E-state index is 12.4. The van der Waals surface area contributed by atoms with Crippen LogP contribution in [0.25, 0.3) is 0 Å². The average Bonchev–Trinajstić information content (AvgIpc) is 2.64. The number of nitrogens with one attached hydrogen (secondary N) is 1. The third kappa shape index (κ3) is 2.89. The normalized spacial score (nSPS) is 16.1. The molecule has 0 aliphatic heterocycles. The van der Waals surface area contributed by atoms with Crippen molar-refractivity contribution in [2.24, 2.45) is 0 Å². The first-order valence-corrected chi connectivity index (χ1v) is 5.08. The molecule has 3 N–H and O–H groups in total. The fourth-order valence-electron chi connectivity index (χ4n) is 1.24. The molecule has 0 saturated heterocycles. The van der Waals surface area contributed by atoms with E-state index >= 15 is 0 Å². The molecule has 92 valence electrons. The van der Waals surface area contributed by atoms with Gasteiger partial charge in [-0.3, -0.25) is 5.10 Å². The van der Waals surface area contributed by atoms with Crippen molar-refractivity contribution in [1.82, 2.24) is 10.2 Å². The highest BCUT2D eigenvalue weighted by Crippen LogP contribution is 2.34. The summed E-state index contributed by atoms with van der Waals surface area (Å²) in [5.74, 6) is 0.261. The molecule has 0 radical (unpaired) electrons. The van der Waals surface area contributed by atoms with Crippen molar-refractivity contribution in [3.8, 4) is 0 Å². The predicted octanol–water partition coefficient (Wildman–Crippen LogP) is 1.14. The topological polar surface area (TPSA) is 69.1 Å². The number of hydrogen-bond acceptors (Lipinski definition) is 4. The molecule has 0 bridgehead atoms. The second kappa shape index (κ2) is 5.07. The summed E-state index contributed by atoms with van der Waals surface area (Å²) in [6, 6.07) is 0. The summed E-state index contributed by atoms with van der Waals surface area (Å²) in [5, 5.41) is 23.9. The van der Waals surface area contributed by atoms with Crippen LogP contribution in [0, 0.1) is 0 Å². The number of thiol groups is 1. The second-order valence-electron chi connectivity index (χ2n) is 3.22. The zero-order chi connectivity index (χ0) is 12.3. The number of rotatable bonds is 4. The number of H-pyrrole nitrogens is 1. The van der Waals surface area contributed by atoms with Gasteiger partial charge in [-0.1, -0.05) is 0 Å². The fraction of sp³-hybridized carbons (Fsp3) is 0.625. The van der Waals surface area contributed by atoms with E-state index in [0.29, 0.717) is 0 Å². The standard InChI is InChI=1S/C8H11F3N2O2S/c9-8(10,11)7-4(3-12-13-7)6(15)5(14)1-2-16/h3,5-6,14-16H,1-2H2,(H,12,13). The van der Waals surface area contributed by atoms with Crippen molar-refractivity contribution in [2.45, 2.75) is 24.8 Å². The van der Waals surface area contributed by atoms with Crippen molar-refractivity contribution in [1.29, 1.82) is 0 Å². The monoisotopic (exact) mass is 256 g/mol. The molecule has 1 aromatic rings. The number of aliphatic hydroxyl groups is 2. The highest BCUT2D eigenvalue weighted by atomic mass is 32.1. The van der Waals surface area contributed by atoms with Gasteiger partial charge in [-0.25, -0.2) is 0 Å². The number of aliphatic hydroxyl groups excluding tert-OH is 2. The lowest BCUT2D eigenvalue weighted by Crippen LogP contribution is -2.21. The maximum atomic E-state index is 12.4. The Kier molecular flexibility index (Phi) is 4.22. The summed E-state index contributed by atoms with van der Waals surface area (Å²) in [6.07, 6.45) is -6.60. The quantitative estimate of drug-likeness (QED) is 0.611.